The lowest BCUT2D eigenvalue weighted by Crippen LogP contribution is -2.36. The van der Waals surface area contributed by atoms with Crippen molar-refractivity contribution in [3.05, 3.63) is 35.6 Å². The van der Waals surface area contributed by atoms with Crippen LogP contribution in [0, 0.1) is 0 Å². The van der Waals surface area contributed by atoms with Crippen LogP contribution in [0.15, 0.2) is 40.6 Å². The molecule has 0 unspecified atom stereocenters. The second-order valence-corrected chi connectivity index (χ2v) is 7.20. The summed E-state index contributed by atoms with van der Waals surface area (Å²) >= 11 is 5.74. The molecule has 0 fully saturated rings. The van der Waals surface area contributed by atoms with Crippen LogP contribution in [0.3, 0.4) is 0 Å². The van der Waals surface area contributed by atoms with Crippen LogP contribution in [0.25, 0.3) is 0 Å². The first-order valence-electron chi connectivity index (χ1n) is 6.43. The van der Waals surface area contributed by atoms with Gasteiger partial charge in [0.1, 0.15) is 6.33 Å². The van der Waals surface area contributed by atoms with Gasteiger partial charge in [0.15, 0.2) is 0 Å². The molecule has 0 N–H and O–H groups in total. The molecule has 1 heterocycles. The number of rotatable bonds is 3. The minimum absolute atomic E-state index is 0.0133. The van der Waals surface area contributed by atoms with E-state index in [0.717, 1.165) is 11.0 Å². The molecular weight excluding hydrogens is 328 g/mol. The summed E-state index contributed by atoms with van der Waals surface area (Å²) in [6, 6.07) is 5.14. The molecule has 0 bridgehead atoms. The summed E-state index contributed by atoms with van der Waals surface area (Å²) in [6.07, 6.45) is 1.09. The zero-order valence-corrected chi connectivity index (χ0v) is 13.8. The molecule has 0 saturated heterocycles. The summed E-state index contributed by atoms with van der Waals surface area (Å²) in [7, 11) is -2.29. The Morgan fingerprint density at radius 1 is 1.27 bits per heavy atom. The van der Waals surface area contributed by atoms with Gasteiger partial charge >= 0.3 is 6.03 Å². The van der Waals surface area contributed by atoms with Gasteiger partial charge in [0.2, 0.25) is 9.84 Å². The van der Waals surface area contributed by atoms with Gasteiger partial charge in [0.25, 0.3) is 5.16 Å². The van der Waals surface area contributed by atoms with E-state index in [0.29, 0.717) is 5.02 Å². The van der Waals surface area contributed by atoms with Gasteiger partial charge in [-0.2, -0.15) is 4.68 Å². The van der Waals surface area contributed by atoms with Gasteiger partial charge in [-0.1, -0.05) is 11.6 Å². The molecule has 0 aliphatic heterocycles. The average molecular weight is 343 g/mol. The molecule has 9 heteroatoms. The summed E-state index contributed by atoms with van der Waals surface area (Å²) in [5.74, 6) is 0. The zero-order valence-electron chi connectivity index (χ0n) is 12.3. The summed E-state index contributed by atoms with van der Waals surface area (Å²) in [4.78, 5) is 17.3. The standard InChI is InChI=1S/C13H15ClN4O3S/c1-9(2)17(3)13(19)18-8-15-12(16-18)22(20,21)11-6-4-10(14)5-7-11/h4-9H,1-3H3. The molecule has 118 valence electrons. The van der Waals surface area contributed by atoms with E-state index < -0.39 is 21.0 Å². The fourth-order valence-corrected chi connectivity index (χ4v) is 2.78. The first-order valence-corrected chi connectivity index (χ1v) is 8.29. The molecule has 1 aromatic carbocycles. The SMILES string of the molecule is CC(C)N(C)C(=O)n1cnc(S(=O)(=O)c2ccc(Cl)cc2)n1. The van der Waals surface area contributed by atoms with E-state index in [4.69, 9.17) is 11.6 Å². The number of nitrogens with zero attached hydrogens (tertiary/aromatic N) is 4. The largest absolute Gasteiger partial charge is 0.346 e. The Kier molecular flexibility index (Phi) is 4.52. The number of carbonyl (C=O) groups is 1. The van der Waals surface area contributed by atoms with Gasteiger partial charge in [-0.3, -0.25) is 0 Å². The van der Waals surface area contributed by atoms with Gasteiger partial charge in [-0.15, -0.1) is 5.10 Å². The number of carbonyl (C=O) groups excluding carboxylic acids is 1. The molecule has 2 aromatic rings. The van der Waals surface area contributed by atoms with Gasteiger partial charge in [0, 0.05) is 18.1 Å². The van der Waals surface area contributed by atoms with Crippen LogP contribution in [0.2, 0.25) is 5.02 Å². The third kappa shape index (κ3) is 3.12. The van der Waals surface area contributed by atoms with Crippen molar-refractivity contribution in [1.29, 1.82) is 0 Å². The highest BCUT2D eigenvalue weighted by Crippen LogP contribution is 2.19. The zero-order chi connectivity index (χ0) is 16.5. The van der Waals surface area contributed by atoms with Crippen molar-refractivity contribution in [2.75, 3.05) is 7.05 Å². The third-order valence-electron chi connectivity index (χ3n) is 3.11. The molecule has 0 aliphatic rings. The Labute approximate surface area is 133 Å². The summed E-state index contributed by atoms with van der Waals surface area (Å²) in [5.41, 5.74) is 0. The molecule has 0 radical (unpaired) electrons. The topological polar surface area (TPSA) is 85.2 Å². The van der Waals surface area contributed by atoms with Crippen LogP contribution in [-0.4, -0.2) is 47.2 Å². The summed E-state index contributed by atoms with van der Waals surface area (Å²) < 4.78 is 25.7. The molecular formula is C13H15ClN4O3S. The predicted molar refractivity (Wildman–Crippen MR) is 80.6 cm³/mol. The van der Waals surface area contributed by atoms with Crippen molar-refractivity contribution in [2.24, 2.45) is 0 Å². The molecule has 0 spiro atoms. The average Bonchev–Trinajstić information content (AvgIpc) is 2.96. The third-order valence-corrected chi connectivity index (χ3v) is 4.92. The van der Waals surface area contributed by atoms with E-state index in [1.807, 2.05) is 13.8 Å². The summed E-state index contributed by atoms with van der Waals surface area (Å²) in [6.45, 7) is 3.67. The smallest absolute Gasteiger partial charge is 0.323 e. The van der Waals surface area contributed by atoms with Crippen LogP contribution in [0.5, 0.6) is 0 Å². The fraction of sp³-hybridized carbons (Fsp3) is 0.308. The molecule has 2 rings (SSSR count). The minimum atomic E-state index is -3.89. The van der Waals surface area contributed by atoms with Gasteiger partial charge in [-0.05, 0) is 38.1 Å². The van der Waals surface area contributed by atoms with Crippen LogP contribution in [-0.2, 0) is 9.84 Å². The van der Waals surface area contributed by atoms with E-state index >= 15 is 0 Å². The number of amides is 1. The number of halogens is 1. The molecule has 22 heavy (non-hydrogen) atoms. The number of aromatic nitrogens is 3. The Bertz CT molecular complexity index is 784. The Balaban J connectivity index is 2.35. The molecule has 0 saturated carbocycles. The maximum Gasteiger partial charge on any atom is 0.346 e. The van der Waals surface area contributed by atoms with Crippen molar-refractivity contribution < 1.29 is 13.2 Å². The van der Waals surface area contributed by atoms with Gasteiger partial charge in [0.05, 0.1) is 4.90 Å². The van der Waals surface area contributed by atoms with E-state index in [1.165, 1.54) is 29.2 Å². The first-order chi connectivity index (χ1) is 10.2. The lowest BCUT2D eigenvalue weighted by Gasteiger charge is -2.20. The normalized spacial score (nSPS) is 11.7. The van der Waals surface area contributed by atoms with Gasteiger partial charge < -0.3 is 4.90 Å². The van der Waals surface area contributed by atoms with Crippen LogP contribution in [0.1, 0.15) is 13.8 Å². The predicted octanol–water partition coefficient (Wildman–Crippen LogP) is 2.07. The number of benzene rings is 1. The van der Waals surface area contributed by atoms with Crippen molar-refractivity contribution in [3.8, 4) is 0 Å². The van der Waals surface area contributed by atoms with Crippen molar-refractivity contribution in [2.45, 2.75) is 29.9 Å². The van der Waals surface area contributed by atoms with Gasteiger partial charge in [-0.25, -0.2) is 18.2 Å². The highest BCUT2D eigenvalue weighted by Gasteiger charge is 2.25. The lowest BCUT2D eigenvalue weighted by molar-refractivity contribution is 0.195. The molecule has 1 amide bonds. The van der Waals surface area contributed by atoms with E-state index in [-0.39, 0.29) is 10.9 Å². The second kappa shape index (κ2) is 6.05. The van der Waals surface area contributed by atoms with Crippen molar-refractivity contribution in [3.63, 3.8) is 0 Å². The summed E-state index contributed by atoms with van der Waals surface area (Å²) in [5, 5.41) is 3.77. The van der Waals surface area contributed by atoms with Crippen LogP contribution in [0.4, 0.5) is 4.79 Å². The number of hydrogen-bond donors (Lipinski definition) is 0. The van der Waals surface area contributed by atoms with E-state index in [2.05, 4.69) is 10.1 Å². The maximum atomic E-state index is 12.4. The highest BCUT2D eigenvalue weighted by atomic mass is 35.5. The monoisotopic (exact) mass is 342 g/mol. The minimum Gasteiger partial charge on any atom is -0.323 e. The number of sulfone groups is 1. The maximum absolute atomic E-state index is 12.4. The first kappa shape index (κ1) is 16.4. The Hall–Kier alpha value is -1.93. The van der Waals surface area contributed by atoms with Crippen LogP contribution >= 0.6 is 11.6 Å². The molecule has 7 nitrogen and oxygen atoms in total. The lowest BCUT2D eigenvalue weighted by atomic mass is 10.4. The second-order valence-electron chi connectivity index (χ2n) is 4.92. The quantitative estimate of drug-likeness (QED) is 0.852. The highest BCUT2D eigenvalue weighted by molar-refractivity contribution is 7.91. The fourth-order valence-electron chi connectivity index (χ4n) is 1.56. The van der Waals surface area contributed by atoms with E-state index in [1.54, 1.807) is 7.05 Å². The Morgan fingerprint density at radius 3 is 2.41 bits per heavy atom. The van der Waals surface area contributed by atoms with Crippen molar-refractivity contribution in [1.82, 2.24) is 19.7 Å². The molecule has 0 atom stereocenters. The Morgan fingerprint density at radius 2 is 1.86 bits per heavy atom. The number of hydrogen-bond acceptors (Lipinski definition) is 5. The molecule has 1 aromatic heterocycles. The van der Waals surface area contributed by atoms with E-state index in [9.17, 15) is 13.2 Å². The van der Waals surface area contributed by atoms with Crippen LogP contribution < -0.4 is 0 Å². The molecule has 0 aliphatic carbocycles. The van der Waals surface area contributed by atoms with Crippen molar-refractivity contribution >= 4 is 27.5 Å².